The quantitative estimate of drug-likeness (QED) is 0.518. The first-order valence-corrected chi connectivity index (χ1v) is 10.6. The number of carbonyl (C=O) groups excluding carboxylic acids is 1. The Morgan fingerprint density at radius 3 is 2.48 bits per heavy atom. The van der Waals surface area contributed by atoms with Crippen LogP contribution in [0.3, 0.4) is 0 Å². The van der Waals surface area contributed by atoms with Crippen molar-refractivity contribution < 1.29 is 9.53 Å². The van der Waals surface area contributed by atoms with Gasteiger partial charge >= 0.3 is 0 Å². The van der Waals surface area contributed by atoms with Crippen LogP contribution in [0, 0.1) is 0 Å². The van der Waals surface area contributed by atoms with Gasteiger partial charge in [0.2, 0.25) is 5.91 Å². The molecule has 0 radical (unpaired) electrons. The van der Waals surface area contributed by atoms with Gasteiger partial charge in [-0.15, -0.1) is 10.2 Å². The SMILES string of the molecule is COCCn1c(Cc2ccccc2)nnc1SCC(=O)N[C@H](C)c1ccccc1. The lowest BCUT2D eigenvalue weighted by molar-refractivity contribution is -0.119. The first kappa shape index (κ1) is 21.1. The zero-order valence-corrected chi connectivity index (χ0v) is 17.6. The molecule has 1 N–H and O–H groups in total. The van der Waals surface area contributed by atoms with Crippen molar-refractivity contribution in [1.82, 2.24) is 20.1 Å². The fourth-order valence-corrected chi connectivity index (χ4v) is 3.78. The third-order valence-electron chi connectivity index (χ3n) is 4.53. The summed E-state index contributed by atoms with van der Waals surface area (Å²) in [5, 5.41) is 12.4. The molecule has 1 atom stereocenters. The molecule has 152 valence electrons. The van der Waals surface area contributed by atoms with Crippen LogP contribution in [0.2, 0.25) is 0 Å². The van der Waals surface area contributed by atoms with Crippen LogP contribution in [0.5, 0.6) is 0 Å². The zero-order chi connectivity index (χ0) is 20.5. The maximum Gasteiger partial charge on any atom is 0.230 e. The molecule has 0 unspecified atom stereocenters. The predicted molar refractivity (Wildman–Crippen MR) is 115 cm³/mol. The average Bonchev–Trinajstić information content (AvgIpc) is 3.13. The number of nitrogens with one attached hydrogen (secondary N) is 1. The average molecular weight is 411 g/mol. The summed E-state index contributed by atoms with van der Waals surface area (Å²) in [7, 11) is 1.67. The lowest BCUT2D eigenvalue weighted by Gasteiger charge is -2.14. The van der Waals surface area contributed by atoms with Gasteiger partial charge in [-0.05, 0) is 18.1 Å². The van der Waals surface area contributed by atoms with E-state index in [1.54, 1.807) is 7.11 Å². The van der Waals surface area contributed by atoms with Gasteiger partial charge in [-0.3, -0.25) is 4.79 Å². The summed E-state index contributed by atoms with van der Waals surface area (Å²) in [5.41, 5.74) is 2.25. The highest BCUT2D eigenvalue weighted by Crippen LogP contribution is 2.19. The van der Waals surface area contributed by atoms with Gasteiger partial charge < -0.3 is 14.6 Å². The molecule has 0 aliphatic heterocycles. The van der Waals surface area contributed by atoms with Gasteiger partial charge in [0.1, 0.15) is 5.82 Å². The van der Waals surface area contributed by atoms with Crippen molar-refractivity contribution >= 4 is 17.7 Å². The number of nitrogens with zero attached hydrogens (tertiary/aromatic N) is 3. The number of methoxy groups -OCH3 is 1. The van der Waals surface area contributed by atoms with Crippen LogP contribution in [0.1, 0.15) is 29.9 Å². The van der Waals surface area contributed by atoms with Gasteiger partial charge in [-0.2, -0.15) is 0 Å². The molecule has 1 amide bonds. The van der Waals surface area contributed by atoms with E-state index in [1.165, 1.54) is 17.3 Å². The number of ether oxygens (including phenoxy) is 1. The van der Waals surface area contributed by atoms with E-state index in [0.29, 0.717) is 19.6 Å². The van der Waals surface area contributed by atoms with E-state index >= 15 is 0 Å². The largest absolute Gasteiger partial charge is 0.383 e. The van der Waals surface area contributed by atoms with Crippen LogP contribution in [-0.4, -0.2) is 40.1 Å². The molecular weight excluding hydrogens is 384 g/mol. The third-order valence-corrected chi connectivity index (χ3v) is 5.49. The van der Waals surface area contributed by atoms with Crippen molar-refractivity contribution in [2.24, 2.45) is 0 Å². The summed E-state index contributed by atoms with van der Waals surface area (Å²) in [6.45, 7) is 3.19. The number of rotatable bonds is 10. The summed E-state index contributed by atoms with van der Waals surface area (Å²) in [6, 6.07) is 20.1. The number of benzene rings is 2. The van der Waals surface area contributed by atoms with Crippen LogP contribution >= 0.6 is 11.8 Å². The number of aromatic nitrogens is 3. The van der Waals surface area contributed by atoms with Crippen molar-refractivity contribution in [3.8, 4) is 0 Å². The highest BCUT2D eigenvalue weighted by Gasteiger charge is 2.16. The second-order valence-corrected chi connectivity index (χ2v) is 7.64. The highest BCUT2D eigenvalue weighted by molar-refractivity contribution is 7.99. The third kappa shape index (κ3) is 6.17. The fourth-order valence-electron chi connectivity index (χ4n) is 2.98. The normalized spacial score (nSPS) is 11.9. The molecule has 0 fully saturated rings. The van der Waals surface area contributed by atoms with Crippen molar-refractivity contribution in [3.05, 3.63) is 77.6 Å². The summed E-state index contributed by atoms with van der Waals surface area (Å²) < 4.78 is 7.27. The van der Waals surface area contributed by atoms with Crippen LogP contribution in [0.15, 0.2) is 65.8 Å². The standard InChI is InChI=1S/C22H26N4O2S/c1-17(19-11-7-4-8-12-19)23-21(27)16-29-22-25-24-20(26(22)13-14-28-2)15-18-9-5-3-6-10-18/h3-12,17H,13-16H2,1-2H3,(H,23,27)/t17-/m1/s1. The smallest absolute Gasteiger partial charge is 0.230 e. The van der Waals surface area contributed by atoms with Crippen LogP contribution < -0.4 is 5.32 Å². The molecule has 29 heavy (non-hydrogen) atoms. The first-order chi connectivity index (χ1) is 14.2. The Bertz CT molecular complexity index is 900. The van der Waals surface area contributed by atoms with Gasteiger partial charge in [0.15, 0.2) is 5.16 Å². The Labute approximate surface area is 175 Å². The van der Waals surface area contributed by atoms with Gasteiger partial charge in [0.05, 0.1) is 18.4 Å². The van der Waals surface area contributed by atoms with E-state index in [0.717, 1.165) is 16.5 Å². The van der Waals surface area contributed by atoms with Crippen LogP contribution in [-0.2, 0) is 22.5 Å². The van der Waals surface area contributed by atoms with Gasteiger partial charge in [-0.25, -0.2) is 0 Å². The maximum absolute atomic E-state index is 12.4. The van der Waals surface area contributed by atoms with Crippen molar-refractivity contribution in [2.75, 3.05) is 19.5 Å². The van der Waals surface area contributed by atoms with Gasteiger partial charge in [0, 0.05) is 20.1 Å². The molecule has 0 saturated heterocycles. The number of hydrogen-bond acceptors (Lipinski definition) is 5. The first-order valence-electron chi connectivity index (χ1n) is 9.59. The molecular formula is C22H26N4O2S. The van der Waals surface area contributed by atoms with Crippen LogP contribution in [0.4, 0.5) is 0 Å². The molecule has 1 heterocycles. The maximum atomic E-state index is 12.4. The van der Waals surface area contributed by atoms with E-state index in [1.807, 2.05) is 60.0 Å². The van der Waals surface area contributed by atoms with E-state index in [9.17, 15) is 4.79 Å². The van der Waals surface area contributed by atoms with Crippen molar-refractivity contribution in [1.29, 1.82) is 0 Å². The fraction of sp³-hybridized carbons (Fsp3) is 0.318. The minimum absolute atomic E-state index is 0.0303. The molecule has 3 rings (SSSR count). The molecule has 7 heteroatoms. The molecule has 2 aromatic carbocycles. The summed E-state index contributed by atoms with van der Waals surface area (Å²) >= 11 is 1.40. The predicted octanol–water partition coefficient (Wildman–Crippen LogP) is 3.48. The number of carbonyl (C=O) groups is 1. The molecule has 0 saturated carbocycles. The second-order valence-electron chi connectivity index (χ2n) is 6.69. The van der Waals surface area contributed by atoms with Gasteiger partial charge in [0.25, 0.3) is 0 Å². The molecule has 6 nitrogen and oxygen atoms in total. The lowest BCUT2D eigenvalue weighted by Crippen LogP contribution is -2.28. The summed E-state index contributed by atoms with van der Waals surface area (Å²) in [5.74, 6) is 1.12. The van der Waals surface area contributed by atoms with E-state index in [2.05, 4.69) is 27.6 Å². The minimum Gasteiger partial charge on any atom is -0.383 e. The van der Waals surface area contributed by atoms with Gasteiger partial charge in [-0.1, -0.05) is 72.4 Å². The molecule has 0 spiro atoms. The molecule has 0 aliphatic carbocycles. The summed E-state index contributed by atoms with van der Waals surface area (Å²) in [6.07, 6.45) is 0.690. The Morgan fingerprint density at radius 1 is 1.10 bits per heavy atom. The Balaban J connectivity index is 1.62. The van der Waals surface area contributed by atoms with Crippen molar-refractivity contribution in [3.63, 3.8) is 0 Å². The Hall–Kier alpha value is -2.64. The van der Waals surface area contributed by atoms with E-state index in [4.69, 9.17) is 4.74 Å². The molecule has 0 aliphatic rings. The number of amides is 1. The molecule has 3 aromatic rings. The lowest BCUT2D eigenvalue weighted by atomic mass is 10.1. The number of hydrogen-bond donors (Lipinski definition) is 1. The topological polar surface area (TPSA) is 69.0 Å². The second kappa shape index (κ2) is 10.8. The number of thioether (sulfide) groups is 1. The zero-order valence-electron chi connectivity index (χ0n) is 16.7. The minimum atomic E-state index is -0.0377. The van der Waals surface area contributed by atoms with Crippen LogP contribution in [0.25, 0.3) is 0 Å². The monoisotopic (exact) mass is 410 g/mol. The van der Waals surface area contributed by atoms with E-state index in [-0.39, 0.29) is 17.7 Å². The highest BCUT2D eigenvalue weighted by atomic mass is 32.2. The summed E-state index contributed by atoms with van der Waals surface area (Å²) in [4.78, 5) is 12.4. The Morgan fingerprint density at radius 2 is 1.79 bits per heavy atom. The Kier molecular flexibility index (Phi) is 7.84. The van der Waals surface area contributed by atoms with Crippen molar-refractivity contribution in [2.45, 2.75) is 31.1 Å². The molecule has 0 bridgehead atoms. The molecule has 1 aromatic heterocycles. The van der Waals surface area contributed by atoms with E-state index < -0.39 is 0 Å².